The van der Waals surface area contributed by atoms with Crippen molar-refractivity contribution in [3.05, 3.63) is 12.2 Å². The molecule has 0 aromatic heterocycles. The van der Waals surface area contributed by atoms with Gasteiger partial charge in [-0.15, -0.1) is 0 Å². The van der Waals surface area contributed by atoms with Crippen molar-refractivity contribution >= 4 is 23.8 Å². The van der Waals surface area contributed by atoms with Gasteiger partial charge < -0.3 is 26.4 Å². The van der Waals surface area contributed by atoms with Crippen molar-refractivity contribution in [2.45, 2.75) is 89.8 Å². The lowest BCUT2D eigenvalue weighted by Gasteiger charge is -2.28. The summed E-state index contributed by atoms with van der Waals surface area (Å²) in [6.45, 7) is 5.73. The van der Waals surface area contributed by atoms with E-state index in [0.717, 1.165) is 32.1 Å². The van der Waals surface area contributed by atoms with Gasteiger partial charge in [0.2, 0.25) is 17.7 Å². The molecule has 0 bridgehead atoms. The summed E-state index contributed by atoms with van der Waals surface area (Å²) in [5.74, 6) is -0.765. The first-order valence-electron chi connectivity index (χ1n) is 11.5. The van der Waals surface area contributed by atoms with Gasteiger partial charge in [0.15, 0.2) is 0 Å². The molecule has 5 N–H and O–H groups in total. The lowest BCUT2D eigenvalue weighted by Crippen LogP contribution is -2.53. The van der Waals surface area contributed by atoms with E-state index >= 15 is 0 Å². The molecule has 1 saturated heterocycles. The third kappa shape index (κ3) is 8.16. The van der Waals surface area contributed by atoms with E-state index < -0.39 is 29.7 Å². The molecule has 0 radical (unpaired) electrons. The molecule has 1 heterocycles. The van der Waals surface area contributed by atoms with E-state index in [0.29, 0.717) is 25.8 Å². The highest BCUT2D eigenvalue weighted by Gasteiger charge is 2.39. The van der Waals surface area contributed by atoms with E-state index in [-0.39, 0.29) is 23.7 Å². The number of allylic oxidation sites excluding steroid dienone is 2. The number of nitrogens with two attached hydrogens (primary N) is 2. The predicted molar refractivity (Wildman–Crippen MR) is 120 cm³/mol. The van der Waals surface area contributed by atoms with Crippen LogP contribution in [-0.2, 0) is 19.1 Å². The Morgan fingerprint density at radius 1 is 1.12 bits per heavy atom. The van der Waals surface area contributed by atoms with Crippen LogP contribution in [0.25, 0.3) is 0 Å². The number of likely N-dealkylation sites (tertiary alicyclic amines) is 1. The number of amides is 4. The topological polar surface area (TPSA) is 145 Å². The Kier molecular flexibility index (Phi) is 9.09. The lowest BCUT2D eigenvalue weighted by atomic mass is 10.0. The molecule has 0 aromatic rings. The molecule has 2 fully saturated rings. The first-order chi connectivity index (χ1) is 15.0. The quantitative estimate of drug-likeness (QED) is 0.325. The maximum absolute atomic E-state index is 13.1. The third-order valence-corrected chi connectivity index (χ3v) is 5.81. The number of nitrogens with zero attached hydrogens (tertiary/aromatic N) is 1. The summed E-state index contributed by atoms with van der Waals surface area (Å²) in [5.41, 5.74) is 10.1. The minimum atomic E-state index is -0.761. The average Bonchev–Trinajstić information content (AvgIpc) is 3.28. The summed E-state index contributed by atoms with van der Waals surface area (Å²) in [6, 6.07) is -1.38. The number of rotatable bonds is 11. The standard InChI is InChI=1S/C23H38N4O5/c1-23(2,3)32-22(31)26-17(21(30)27-13-9-12-18(27)20(25)29)11-8-6-4-5-7-10-15-14-16(15)19(24)28/h7,10,15-18H,4-6,8-9,11-14H2,1-3H3,(H2,24,28)(H2,25,29)(H,26,31)/b10-7-/t15-,16+,17+,18+/m1/s1. The molecule has 180 valence electrons. The SMILES string of the molecule is CC(C)(C)OC(=O)N[C@@H](CCCCC/C=C\[C@@H]1C[C@@H]1C(N)=O)C(=O)N1CCC[C@H]1C(N)=O. The maximum Gasteiger partial charge on any atom is 0.408 e. The number of nitrogens with one attached hydrogen (secondary N) is 1. The van der Waals surface area contributed by atoms with Crippen LogP contribution in [0.1, 0.15) is 72.1 Å². The molecule has 1 aliphatic heterocycles. The second kappa shape index (κ2) is 11.3. The molecule has 2 aliphatic rings. The van der Waals surface area contributed by atoms with Crippen LogP contribution in [0.3, 0.4) is 0 Å². The first kappa shape index (κ1) is 25.7. The van der Waals surface area contributed by atoms with E-state index in [1.54, 1.807) is 20.8 Å². The van der Waals surface area contributed by atoms with Crippen molar-refractivity contribution in [3.63, 3.8) is 0 Å². The minimum Gasteiger partial charge on any atom is -0.444 e. The van der Waals surface area contributed by atoms with Crippen molar-refractivity contribution in [1.82, 2.24) is 10.2 Å². The zero-order chi connectivity index (χ0) is 23.9. The van der Waals surface area contributed by atoms with Gasteiger partial charge in [-0.3, -0.25) is 14.4 Å². The van der Waals surface area contributed by atoms with Crippen LogP contribution < -0.4 is 16.8 Å². The van der Waals surface area contributed by atoms with Crippen molar-refractivity contribution in [1.29, 1.82) is 0 Å². The monoisotopic (exact) mass is 450 g/mol. The first-order valence-corrected chi connectivity index (χ1v) is 11.5. The van der Waals surface area contributed by atoms with E-state index in [2.05, 4.69) is 17.5 Å². The molecule has 4 atom stereocenters. The highest BCUT2D eigenvalue weighted by Crippen LogP contribution is 2.39. The van der Waals surface area contributed by atoms with Gasteiger partial charge in [-0.05, 0) is 65.2 Å². The van der Waals surface area contributed by atoms with Gasteiger partial charge in [0.1, 0.15) is 17.7 Å². The van der Waals surface area contributed by atoms with Crippen LogP contribution in [0, 0.1) is 11.8 Å². The fraction of sp³-hybridized carbons (Fsp3) is 0.739. The second-order valence-electron chi connectivity index (χ2n) is 9.77. The average molecular weight is 451 g/mol. The van der Waals surface area contributed by atoms with E-state index in [9.17, 15) is 19.2 Å². The molecular weight excluding hydrogens is 412 g/mol. The fourth-order valence-corrected chi connectivity index (χ4v) is 4.05. The third-order valence-electron chi connectivity index (χ3n) is 5.81. The Hall–Kier alpha value is -2.58. The summed E-state index contributed by atoms with van der Waals surface area (Å²) >= 11 is 0. The number of hydrogen-bond acceptors (Lipinski definition) is 5. The second-order valence-corrected chi connectivity index (χ2v) is 9.77. The number of carbonyl (C=O) groups is 4. The number of alkyl carbamates (subject to hydrolysis) is 1. The molecule has 9 nitrogen and oxygen atoms in total. The number of ether oxygens (including phenoxy) is 1. The largest absolute Gasteiger partial charge is 0.444 e. The zero-order valence-electron chi connectivity index (χ0n) is 19.5. The van der Waals surface area contributed by atoms with Gasteiger partial charge in [-0.2, -0.15) is 0 Å². The molecule has 0 spiro atoms. The van der Waals surface area contributed by atoms with E-state index in [1.807, 2.05) is 0 Å². The highest BCUT2D eigenvalue weighted by atomic mass is 16.6. The number of hydrogen-bond donors (Lipinski definition) is 3. The highest BCUT2D eigenvalue weighted by molar-refractivity contribution is 5.91. The molecule has 9 heteroatoms. The molecule has 1 saturated carbocycles. The Bertz CT molecular complexity index is 730. The molecule has 32 heavy (non-hydrogen) atoms. The summed E-state index contributed by atoms with van der Waals surface area (Å²) in [4.78, 5) is 49.6. The van der Waals surface area contributed by atoms with Gasteiger partial charge in [-0.1, -0.05) is 25.0 Å². The lowest BCUT2D eigenvalue weighted by molar-refractivity contribution is -0.139. The Balaban J connectivity index is 1.83. The van der Waals surface area contributed by atoms with Gasteiger partial charge in [0.25, 0.3) is 0 Å². The van der Waals surface area contributed by atoms with Gasteiger partial charge in [-0.25, -0.2) is 4.79 Å². The summed E-state index contributed by atoms with van der Waals surface area (Å²) in [7, 11) is 0. The zero-order valence-corrected chi connectivity index (χ0v) is 19.5. The van der Waals surface area contributed by atoms with Crippen molar-refractivity contribution < 1.29 is 23.9 Å². The summed E-state index contributed by atoms with van der Waals surface area (Å²) in [5, 5.41) is 2.69. The van der Waals surface area contributed by atoms with Crippen LogP contribution in [-0.4, -0.2) is 52.9 Å². The number of primary amides is 2. The van der Waals surface area contributed by atoms with Gasteiger partial charge in [0, 0.05) is 12.5 Å². The Morgan fingerprint density at radius 3 is 2.44 bits per heavy atom. The minimum absolute atomic E-state index is 0.00763. The van der Waals surface area contributed by atoms with Crippen LogP contribution in [0.4, 0.5) is 4.79 Å². The van der Waals surface area contributed by atoms with E-state index in [4.69, 9.17) is 16.2 Å². The number of carbonyl (C=O) groups excluding carboxylic acids is 4. The smallest absolute Gasteiger partial charge is 0.408 e. The number of unbranched alkanes of at least 4 members (excludes halogenated alkanes) is 3. The summed E-state index contributed by atoms with van der Waals surface area (Å²) in [6.07, 6.45) is 9.48. The molecule has 0 unspecified atom stereocenters. The molecule has 2 rings (SSSR count). The maximum atomic E-state index is 13.1. The summed E-state index contributed by atoms with van der Waals surface area (Å²) < 4.78 is 5.31. The van der Waals surface area contributed by atoms with Crippen LogP contribution in [0.15, 0.2) is 12.2 Å². The van der Waals surface area contributed by atoms with Crippen LogP contribution in [0.2, 0.25) is 0 Å². The molecular formula is C23H38N4O5. The van der Waals surface area contributed by atoms with Crippen molar-refractivity contribution in [2.75, 3.05) is 6.54 Å². The molecule has 4 amide bonds. The molecule has 0 aromatic carbocycles. The Morgan fingerprint density at radius 2 is 1.84 bits per heavy atom. The van der Waals surface area contributed by atoms with Crippen molar-refractivity contribution in [3.8, 4) is 0 Å². The Labute approximate surface area is 190 Å². The van der Waals surface area contributed by atoms with Crippen molar-refractivity contribution in [2.24, 2.45) is 23.3 Å². The van der Waals surface area contributed by atoms with Crippen LogP contribution >= 0.6 is 0 Å². The van der Waals surface area contributed by atoms with Gasteiger partial charge >= 0.3 is 6.09 Å². The predicted octanol–water partition coefficient (Wildman–Crippen LogP) is 1.98. The fourth-order valence-electron chi connectivity index (χ4n) is 4.05. The van der Waals surface area contributed by atoms with E-state index in [1.165, 1.54) is 4.90 Å². The van der Waals surface area contributed by atoms with Crippen LogP contribution in [0.5, 0.6) is 0 Å². The van der Waals surface area contributed by atoms with Gasteiger partial charge in [0.05, 0.1) is 0 Å². The molecule has 1 aliphatic carbocycles. The normalized spacial score (nSPS) is 23.7.